The third-order valence-electron chi connectivity index (χ3n) is 3.13. The predicted molar refractivity (Wildman–Crippen MR) is 71.3 cm³/mol. The molecule has 0 spiro atoms. The third-order valence-corrected chi connectivity index (χ3v) is 4.36. The highest BCUT2D eigenvalue weighted by molar-refractivity contribution is 9.10. The summed E-state index contributed by atoms with van der Waals surface area (Å²) in [5.41, 5.74) is 0. The normalized spacial score (nSPS) is 29.1. The predicted octanol–water partition coefficient (Wildman–Crippen LogP) is 4.10. The van der Waals surface area contributed by atoms with Crippen molar-refractivity contribution >= 4 is 27.5 Å². The zero-order valence-corrected chi connectivity index (χ0v) is 12.3. The van der Waals surface area contributed by atoms with Crippen LogP contribution in [0.15, 0.2) is 10.8 Å². The first-order valence-electron chi connectivity index (χ1n) is 5.89. The lowest BCUT2D eigenvalue weighted by Crippen LogP contribution is -2.28. The van der Waals surface area contributed by atoms with Gasteiger partial charge in [-0.25, -0.2) is 9.97 Å². The van der Waals surface area contributed by atoms with Crippen LogP contribution in [0.25, 0.3) is 0 Å². The van der Waals surface area contributed by atoms with E-state index in [2.05, 4.69) is 39.7 Å². The molecule has 5 heteroatoms. The first-order chi connectivity index (χ1) is 8.06. The van der Waals surface area contributed by atoms with Crippen molar-refractivity contribution < 1.29 is 4.74 Å². The molecule has 2 unspecified atom stereocenters. The molecule has 1 fully saturated rings. The zero-order chi connectivity index (χ0) is 12.4. The molecule has 1 aromatic rings. The van der Waals surface area contributed by atoms with Gasteiger partial charge in [-0.2, -0.15) is 0 Å². The van der Waals surface area contributed by atoms with Crippen LogP contribution in [0, 0.1) is 11.8 Å². The fraction of sp³-hybridized carbons (Fsp3) is 0.667. The van der Waals surface area contributed by atoms with E-state index in [1.807, 2.05) is 0 Å². The maximum absolute atomic E-state index is 5.93. The van der Waals surface area contributed by atoms with Gasteiger partial charge in [0.25, 0.3) is 0 Å². The molecule has 1 aliphatic carbocycles. The number of nitrogens with zero attached hydrogens (tertiary/aromatic N) is 2. The van der Waals surface area contributed by atoms with E-state index < -0.39 is 0 Å². The summed E-state index contributed by atoms with van der Waals surface area (Å²) in [7, 11) is 0. The zero-order valence-electron chi connectivity index (χ0n) is 9.99. The summed E-state index contributed by atoms with van der Waals surface area (Å²) < 4.78 is 6.57. The molecule has 17 heavy (non-hydrogen) atoms. The number of halogens is 2. The Morgan fingerprint density at radius 1 is 1.24 bits per heavy atom. The Hall–Kier alpha value is -0.350. The van der Waals surface area contributed by atoms with E-state index in [9.17, 15) is 0 Å². The molecule has 1 aliphatic rings. The molecule has 0 amide bonds. The lowest BCUT2D eigenvalue weighted by Gasteiger charge is -2.31. The van der Waals surface area contributed by atoms with Crippen molar-refractivity contribution in [3.8, 4) is 5.88 Å². The van der Waals surface area contributed by atoms with Crippen LogP contribution >= 0.6 is 27.5 Å². The summed E-state index contributed by atoms with van der Waals surface area (Å²) in [5.74, 6) is 1.97. The summed E-state index contributed by atoms with van der Waals surface area (Å²) in [5, 5.41) is 0.395. The highest BCUT2D eigenvalue weighted by Gasteiger charge is 2.26. The minimum absolute atomic E-state index is 0.232. The Balaban J connectivity index is 2.07. The quantitative estimate of drug-likeness (QED) is 0.770. The Morgan fingerprint density at radius 3 is 2.53 bits per heavy atom. The highest BCUT2D eigenvalue weighted by Crippen LogP contribution is 2.34. The molecule has 94 valence electrons. The van der Waals surface area contributed by atoms with Crippen molar-refractivity contribution in [3.05, 3.63) is 16.0 Å². The molecule has 0 bridgehead atoms. The van der Waals surface area contributed by atoms with Crippen LogP contribution in [0.5, 0.6) is 5.88 Å². The average Bonchev–Trinajstić information content (AvgIpc) is 2.23. The van der Waals surface area contributed by atoms with E-state index in [0.29, 0.717) is 27.3 Å². The molecule has 0 saturated heterocycles. The Bertz CT molecular complexity index is 392. The Kier molecular flexibility index (Phi) is 4.26. The first-order valence-corrected chi connectivity index (χ1v) is 7.06. The molecule has 1 heterocycles. The van der Waals surface area contributed by atoms with Gasteiger partial charge in [0.2, 0.25) is 5.88 Å². The second-order valence-corrected chi connectivity index (χ2v) is 6.09. The van der Waals surface area contributed by atoms with Crippen molar-refractivity contribution in [3.63, 3.8) is 0 Å². The topological polar surface area (TPSA) is 35.0 Å². The molecule has 0 radical (unpaired) electrons. The van der Waals surface area contributed by atoms with Crippen LogP contribution in [0.1, 0.15) is 33.1 Å². The van der Waals surface area contributed by atoms with E-state index in [-0.39, 0.29) is 6.10 Å². The van der Waals surface area contributed by atoms with Crippen LogP contribution in [0.3, 0.4) is 0 Å². The second-order valence-electron chi connectivity index (χ2n) is 4.94. The second kappa shape index (κ2) is 5.53. The molecule has 1 saturated carbocycles. The fourth-order valence-electron chi connectivity index (χ4n) is 2.54. The van der Waals surface area contributed by atoms with Crippen LogP contribution < -0.4 is 4.74 Å². The Morgan fingerprint density at radius 2 is 1.88 bits per heavy atom. The van der Waals surface area contributed by atoms with Gasteiger partial charge in [-0.3, -0.25) is 0 Å². The van der Waals surface area contributed by atoms with Gasteiger partial charge in [0.15, 0.2) is 5.15 Å². The summed E-state index contributed by atoms with van der Waals surface area (Å²) >= 11 is 9.27. The first kappa shape index (κ1) is 13.1. The average molecular weight is 320 g/mol. The molecule has 0 aliphatic heterocycles. The minimum Gasteiger partial charge on any atom is -0.473 e. The van der Waals surface area contributed by atoms with Crippen LogP contribution in [0.4, 0.5) is 0 Å². The van der Waals surface area contributed by atoms with Crippen molar-refractivity contribution in [2.75, 3.05) is 0 Å². The maximum Gasteiger partial charge on any atom is 0.232 e. The Labute approximate surface area is 115 Å². The molecular weight excluding hydrogens is 304 g/mol. The fourth-order valence-corrected chi connectivity index (χ4v) is 2.97. The van der Waals surface area contributed by atoms with Gasteiger partial charge in [0.1, 0.15) is 16.9 Å². The van der Waals surface area contributed by atoms with Crippen molar-refractivity contribution in [1.82, 2.24) is 9.97 Å². The van der Waals surface area contributed by atoms with Crippen molar-refractivity contribution in [2.24, 2.45) is 11.8 Å². The van der Waals surface area contributed by atoms with Gasteiger partial charge in [0.05, 0.1) is 0 Å². The maximum atomic E-state index is 5.93. The number of rotatable bonds is 2. The number of hydrogen-bond acceptors (Lipinski definition) is 3. The molecule has 0 N–H and O–H groups in total. The van der Waals surface area contributed by atoms with Crippen molar-refractivity contribution in [2.45, 2.75) is 39.2 Å². The van der Waals surface area contributed by atoms with Gasteiger partial charge in [-0.05, 0) is 47.0 Å². The van der Waals surface area contributed by atoms with Gasteiger partial charge in [-0.1, -0.05) is 25.4 Å². The smallest absolute Gasteiger partial charge is 0.232 e. The lowest BCUT2D eigenvalue weighted by molar-refractivity contribution is 0.0958. The molecule has 2 rings (SSSR count). The van der Waals surface area contributed by atoms with Gasteiger partial charge < -0.3 is 4.74 Å². The third kappa shape index (κ3) is 3.32. The lowest BCUT2D eigenvalue weighted by atomic mass is 9.82. The monoisotopic (exact) mass is 318 g/mol. The minimum atomic E-state index is 0.232. The summed E-state index contributed by atoms with van der Waals surface area (Å²) in [6.45, 7) is 4.54. The van der Waals surface area contributed by atoms with Crippen LogP contribution in [-0.2, 0) is 0 Å². The van der Waals surface area contributed by atoms with E-state index in [1.54, 1.807) is 0 Å². The van der Waals surface area contributed by atoms with Crippen LogP contribution in [0.2, 0.25) is 5.15 Å². The standard InChI is InChI=1S/C12H16BrClN2O/c1-7-3-8(2)5-9(4-7)17-12-10(13)11(14)15-6-16-12/h6-9H,3-5H2,1-2H3. The molecule has 3 nitrogen and oxygen atoms in total. The SMILES string of the molecule is CC1CC(C)CC(Oc2ncnc(Cl)c2Br)C1. The highest BCUT2D eigenvalue weighted by atomic mass is 79.9. The molecule has 1 aromatic heterocycles. The number of aromatic nitrogens is 2. The molecule has 2 atom stereocenters. The van der Waals surface area contributed by atoms with E-state index in [1.165, 1.54) is 12.7 Å². The van der Waals surface area contributed by atoms with Gasteiger partial charge in [-0.15, -0.1) is 0 Å². The summed E-state index contributed by atoms with van der Waals surface area (Å²) in [4.78, 5) is 8.01. The van der Waals surface area contributed by atoms with Gasteiger partial charge >= 0.3 is 0 Å². The summed E-state index contributed by atoms with van der Waals surface area (Å²) in [6.07, 6.45) is 5.11. The molecular formula is C12H16BrClN2O. The summed E-state index contributed by atoms with van der Waals surface area (Å²) in [6, 6.07) is 0. The van der Waals surface area contributed by atoms with Crippen molar-refractivity contribution in [1.29, 1.82) is 0 Å². The number of hydrogen-bond donors (Lipinski definition) is 0. The van der Waals surface area contributed by atoms with E-state index in [0.717, 1.165) is 12.8 Å². The van der Waals surface area contributed by atoms with Gasteiger partial charge in [0, 0.05) is 0 Å². The number of ether oxygens (including phenoxy) is 1. The van der Waals surface area contributed by atoms with Crippen LogP contribution in [-0.4, -0.2) is 16.1 Å². The largest absolute Gasteiger partial charge is 0.473 e. The van der Waals surface area contributed by atoms with E-state index >= 15 is 0 Å². The van der Waals surface area contributed by atoms with E-state index in [4.69, 9.17) is 16.3 Å². The molecule has 0 aromatic carbocycles.